The zero-order valence-corrected chi connectivity index (χ0v) is 19.1. The van der Waals surface area contributed by atoms with E-state index in [-0.39, 0.29) is 51.5 Å². The van der Waals surface area contributed by atoms with E-state index >= 15 is 0 Å². The van der Waals surface area contributed by atoms with E-state index in [2.05, 4.69) is 26.8 Å². The van der Waals surface area contributed by atoms with Crippen LogP contribution in [0.4, 0.5) is 0 Å². The second kappa shape index (κ2) is 6.07. The Morgan fingerprint density at radius 3 is 2.63 bits per heavy atom. The molecule has 10 atom stereocenters. The van der Waals surface area contributed by atoms with Crippen molar-refractivity contribution in [3.63, 3.8) is 0 Å². The summed E-state index contributed by atoms with van der Waals surface area (Å²) in [6, 6.07) is 0. The maximum absolute atomic E-state index is 12.4. The molecule has 0 N–H and O–H groups in total. The monoisotopic (exact) mass is 412 g/mol. The van der Waals surface area contributed by atoms with E-state index < -0.39 is 0 Å². The van der Waals surface area contributed by atoms with Crippen LogP contribution in [0.2, 0.25) is 0 Å². The third-order valence-corrected chi connectivity index (χ3v) is 11.1. The first-order valence-electron chi connectivity index (χ1n) is 11.9. The van der Waals surface area contributed by atoms with E-state index in [4.69, 9.17) is 4.74 Å². The quantitative estimate of drug-likeness (QED) is 0.495. The summed E-state index contributed by atoms with van der Waals surface area (Å²) in [4.78, 5) is 36.2. The van der Waals surface area contributed by atoms with Gasteiger partial charge in [-0.2, -0.15) is 0 Å². The number of carbonyl (C=O) groups is 3. The van der Waals surface area contributed by atoms with Gasteiger partial charge in [0.15, 0.2) is 5.78 Å². The average molecular weight is 413 g/mol. The largest absolute Gasteiger partial charge is 0.462 e. The Labute approximate surface area is 180 Å². The number of rotatable bonds is 3. The van der Waals surface area contributed by atoms with Crippen molar-refractivity contribution in [3.8, 4) is 0 Å². The lowest BCUT2D eigenvalue weighted by molar-refractivity contribution is -0.152. The fourth-order valence-electron chi connectivity index (χ4n) is 9.73. The Morgan fingerprint density at radius 1 is 1.23 bits per heavy atom. The molecule has 5 rings (SSSR count). The highest BCUT2D eigenvalue weighted by atomic mass is 16.5. The molecule has 5 aliphatic rings. The predicted octanol–water partition coefficient (Wildman–Crippen LogP) is 4.76. The van der Waals surface area contributed by atoms with Crippen molar-refractivity contribution in [2.24, 2.45) is 51.2 Å². The standard InChI is InChI=1S/C26H36O4/c1-15(13-27)22-20(30-17(3)28)12-24(5)21-7-6-18-16(2)19(29)8-9-25(18)14-26(21,25)11-10-23(22,24)4/h8-9,13,15-16,18,20-22H,6-7,10-12,14H2,1-5H3/t15?,16-,18-,20-,21-,22-,23+,24-,25?,26?/m0/s1. The van der Waals surface area contributed by atoms with Crippen molar-refractivity contribution >= 4 is 18.0 Å². The molecule has 4 fully saturated rings. The summed E-state index contributed by atoms with van der Waals surface area (Å²) in [5, 5.41) is 0. The first kappa shape index (κ1) is 20.5. The molecule has 30 heavy (non-hydrogen) atoms. The normalized spacial score (nSPS) is 54.3. The Morgan fingerprint density at radius 2 is 1.97 bits per heavy atom. The molecule has 0 aromatic heterocycles. The average Bonchev–Trinajstić information content (AvgIpc) is 3.29. The van der Waals surface area contributed by atoms with Crippen LogP contribution in [0.25, 0.3) is 0 Å². The lowest BCUT2D eigenvalue weighted by atomic mass is 9.43. The Kier molecular flexibility index (Phi) is 4.14. The van der Waals surface area contributed by atoms with Gasteiger partial charge in [-0.1, -0.05) is 33.8 Å². The number of ether oxygens (including phenoxy) is 1. The van der Waals surface area contributed by atoms with Gasteiger partial charge in [-0.15, -0.1) is 0 Å². The molecule has 3 unspecified atom stereocenters. The number of ketones is 1. The molecule has 0 bridgehead atoms. The number of fused-ring (bicyclic) bond motifs is 2. The summed E-state index contributed by atoms with van der Waals surface area (Å²) in [6.07, 6.45) is 11.6. The van der Waals surface area contributed by atoms with Gasteiger partial charge in [0.1, 0.15) is 12.4 Å². The van der Waals surface area contributed by atoms with E-state index in [1.807, 2.05) is 13.0 Å². The summed E-state index contributed by atoms with van der Waals surface area (Å²) >= 11 is 0. The minimum atomic E-state index is -0.238. The number of allylic oxidation sites excluding steroid dienone is 2. The van der Waals surface area contributed by atoms with E-state index in [1.165, 1.54) is 19.8 Å². The van der Waals surface area contributed by atoms with Gasteiger partial charge in [-0.3, -0.25) is 9.59 Å². The van der Waals surface area contributed by atoms with Gasteiger partial charge in [0, 0.05) is 24.7 Å². The van der Waals surface area contributed by atoms with E-state index in [1.54, 1.807) is 0 Å². The highest BCUT2D eigenvalue weighted by Gasteiger charge is 2.81. The maximum Gasteiger partial charge on any atom is 0.302 e. The van der Waals surface area contributed by atoms with Gasteiger partial charge >= 0.3 is 5.97 Å². The lowest BCUT2D eigenvalue weighted by Gasteiger charge is -2.60. The van der Waals surface area contributed by atoms with Crippen molar-refractivity contribution < 1.29 is 19.1 Å². The number of carbonyl (C=O) groups excluding carboxylic acids is 3. The molecule has 0 saturated heterocycles. The van der Waals surface area contributed by atoms with Crippen LogP contribution in [0.15, 0.2) is 12.2 Å². The third-order valence-electron chi connectivity index (χ3n) is 11.1. The van der Waals surface area contributed by atoms with Gasteiger partial charge in [0.25, 0.3) is 0 Å². The summed E-state index contributed by atoms with van der Waals surface area (Å²) < 4.78 is 5.87. The zero-order chi connectivity index (χ0) is 21.7. The zero-order valence-electron chi connectivity index (χ0n) is 19.1. The summed E-state index contributed by atoms with van der Waals surface area (Å²) in [6.45, 7) is 10.4. The SMILES string of the molecule is CC(=O)O[C@H]1C[C@@]2(C)[C@@H]3CC[C@H]4[C@H](C)C(=O)C=CC45CC35CC[C@]2(C)[C@H]1C(C)C=O. The van der Waals surface area contributed by atoms with E-state index in [0.717, 1.165) is 32.0 Å². The second-order valence-electron chi connectivity index (χ2n) is 11.8. The molecule has 0 aromatic carbocycles. The van der Waals surface area contributed by atoms with Gasteiger partial charge in [0.05, 0.1) is 0 Å². The highest BCUT2D eigenvalue weighted by Crippen LogP contribution is 2.87. The van der Waals surface area contributed by atoms with Crippen molar-refractivity contribution in [1.29, 1.82) is 0 Å². The van der Waals surface area contributed by atoms with Gasteiger partial charge in [-0.05, 0) is 78.1 Å². The van der Waals surface area contributed by atoms with Crippen molar-refractivity contribution in [1.82, 2.24) is 0 Å². The molecule has 2 spiro atoms. The fourth-order valence-corrected chi connectivity index (χ4v) is 9.73. The van der Waals surface area contributed by atoms with E-state index in [0.29, 0.717) is 17.6 Å². The number of hydrogen-bond donors (Lipinski definition) is 0. The maximum atomic E-state index is 12.4. The first-order chi connectivity index (χ1) is 14.1. The van der Waals surface area contributed by atoms with Crippen LogP contribution in [-0.4, -0.2) is 24.1 Å². The van der Waals surface area contributed by atoms with Crippen LogP contribution in [0.5, 0.6) is 0 Å². The first-order valence-corrected chi connectivity index (χ1v) is 11.9. The topological polar surface area (TPSA) is 60.4 Å². The number of esters is 1. The van der Waals surface area contributed by atoms with E-state index in [9.17, 15) is 14.4 Å². The summed E-state index contributed by atoms with van der Waals surface area (Å²) in [5.74, 6) is 1.20. The molecule has 0 amide bonds. The van der Waals surface area contributed by atoms with Crippen LogP contribution in [-0.2, 0) is 19.1 Å². The number of aldehydes is 1. The third kappa shape index (κ3) is 2.16. The van der Waals surface area contributed by atoms with Crippen molar-refractivity contribution in [3.05, 3.63) is 12.2 Å². The van der Waals surface area contributed by atoms with Crippen molar-refractivity contribution in [2.45, 2.75) is 79.2 Å². The van der Waals surface area contributed by atoms with Crippen LogP contribution in [0, 0.1) is 51.2 Å². The minimum absolute atomic E-state index is 0.0141. The highest BCUT2D eigenvalue weighted by molar-refractivity contribution is 5.93. The molecule has 0 aromatic rings. The molecule has 4 nitrogen and oxygen atoms in total. The molecule has 5 aliphatic carbocycles. The predicted molar refractivity (Wildman–Crippen MR) is 113 cm³/mol. The molecule has 4 saturated carbocycles. The summed E-state index contributed by atoms with van der Waals surface area (Å²) in [5.41, 5.74) is 0.509. The van der Waals surface area contributed by atoms with Crippen LogP contribution in [0.1, 0.15) is 73.1 Å². The van der Waals surface area contributed by atoms with Gasteiger partial charge in [-0.25, -0.2) is 0 Å². The Hall–Kier alpha value is -1.45. The molecule has 0 aliphatic heterocycles. The molecule has 0 heterocycles. The molecule has 164 valence electrons. The lowest BCUT2D eigenvalue weighted by Crippen LogP contribution is -2.55. The van der Waals surface area contributed by atoms with Gasteiger partial charge in [0.2, 0.25) is 0 Å². The minimum Gasteiger partial charge on any atom is -0.462 e. The molecular weight excluding hydrogens is 376 g/mol. The van der Waals surface area contributed by atoms with Crippen LogP contribution < -0.4 is 0 Å². The second-order valence-corrected chi connectivity index (χ2v) is 11.8. The molecule has 4 heteroatoms. The van der Waals surface area contributed by atoms with Crippen LogP contribution >= 0.6 is 0 Å². The number of hydrogen-bond acceptors (Lipinski definition) is 4. The van der Waals surface area contributed by atoms with Crippen molar-refractivity contribution in [2.75, 3.05) is 0 Å². The Bertz CT molecular complexity index is 846. The summed E-state index contributed by atoms with van der Waals surface area (Å²) in [7, 11) is 0. The van der Waals surface area contributed by atoms with Crippen LogP contribution in [0.3, 0.4) is 0 Å². The van der Waals surface area contributed by atoms with Gasteiger partial charge < -0.3 is 9.53 Å². The smallest absolute Gasteiger partial charge is 0.302 e. The molecular formula is C26H36O4. The molecule has 0 radical (unpaired) electrons. The fraction of sp³-hybridized carbons (Fsp3) is 0.808. The Balaban J connectivity index is 1.56.